The van der Waals surface area contributed by atoms with Crippen LogP contribution in [-0.4, -0.2) is 48.8 Å². The second-order valence-corrected chi connectivity index (χ2v) is 9.76. The molecule has 1 unspecified atom stereocenters. The normalized spacial score (nSPS) is 16.1. The van der Waals surface area contributed by atoms with Gasteiger partial charge in [0.15, 0.2) is 0 Å². The van der Waals surface area contributed by atoms with E-state index in [1.165, 1.54) is 36.2 Å². The smallest absolute Gasteiger partial charge is 0.243 e. The number of likely N-dealkylation sites (N-methyl/N-ethyl adjacent to an activating group) is 1. The van der Waals surface area contributed by atoms with Crippen LogP contribution in [0.1, 0.15) is 22.7 Å². The van der Waals surface area contributed by atoms with Crippen molar-refractivity contribution in [3.8, 4) is 5.75 Å². The highest BCUT2D eigenvalue weighted by Crippen LogP contribution is 2.39. The van der Waals surface area contributed by atoms with E-state index >= 15 is 0 Å². The van der Waals surface area contributed by atoms with Crippen LogP contribution in [0.25, 0.3) is 0 Å². The number of aromatic hydroxyl groups is 1. The van der Waals surface area contributed by atoms with E-state index in [-0.39, 0.29) is 22.8 Å². The Balaban J connectivity index is 1.68. The van der Waals surface area contributed by atoms with Crippen LogP contribution in [0.15, 0.2) is 77.7 Å². The van der Waals surface area contributed by atoms with Crippen LogP contribution in [0.5, 0.6) is 5.75 Å². The second kappa shape index (κ2) is 8.72. The van der Waals surface area contributed by atoms with Gasteiger partial charge in [-0.1, -0.05) is 42.5 Å². The van der Waals surface area contributed by atoms with Gasteiger partial charge in [-0.3, -0.25) is 4.79 Å². The van der Waals surface area contributed by atoms with E-state index in [9.17, 15) is 22.7 Å². The Bertz CT molecular complexity index is 1250. The minimum atomic E-state index is -3.85. The third kappa shape index (κ3) is 4.11. The van der Waals surface area contributed by atoms with Crippen LogP contribution in [0, 0.1) is 5.82 Å². The van der Waals surface area contributed by atoms with Gasteiger partial charge in [-0.05, 0) is 47.9 Å². The van der Waals surface area contributed by atoms with Crippen LogP contribution in [0.2, 0.25) is 0 Å². The van der Waals surface area contributed by atoms with Gasteiger partial charge >= 0.3 is 0 Å². The third-order valence-electron chi connectivity index (χ3n) is 5.70. The number of hydrogen-bond acceptors (Lipinski definition) is 4. The number of nitrogens with zero attached hydrogens (tertiary/aromatic N) is 2. The lowest BCUT2D eigenvalue weighted by Gasteiger charge is -2.38. The molecule has 0 aliphatic carbocycles. The monoisotopic (exact) mass is 454 g/mol. The molecule has 1 amide bonds. The summed E-state index contributed by atoms with van der Waals surface area (Å²) < 4.78 is 40.8. The lowest BCUT2D eigenvalue weighted by Crippen LogP contribution is -2.46. The fourth-order valence-electron chi connectivity index (χ4n) is 4.05. The Hall–Kier alpha value is -3.23. The van der Waals surface area contributed by atoms with Crippen molar-refractivity contribution in [3.63, 3.8) is 0 Å². The molecule has 3 aromatic carbocycles. The number of sulfonamides is 1. The molecular weight excluding hydrogens is 431 g/mol. The molecule has 0 aromatic heterocycles. The Labute approximate surface area is 186 Å². The van der Waals surface area contributed by atoms with Crippen molar-refractivity contribution in [1.82, 2.24) is 9.21 Å². The summed E-state index contributed by atoms with van der Waals surface area (Å²) in [5.41, 5.74) is 2.04. The number of halogens is 1. The average molecular weight is 455 g/mol. The summed E-state index contributed by atoms with van der Waals surface area (Å²) >= 11 is 0. The standard InChI is InChI=1S/C24H23FN2O4S/c1-26(32(30,31)19-8-3-2-4-9-19)16-23(29)27-14-13-17-7-5-6-10-20(17)24(27)21-15-18(25)11-12-22(21)28/h2-12,15,24,28H,13-14,16H2,1H3. The van der Waals surface area contributed by atoms with Crippen molar-refractivity contribution < 1.29 is 22.7 Å². The Kier molecular flexibility index (Phi) is 5.99. The number of carbonyl (C=O) groups excluding carboxylic acids is 1. The van der Waals surface area contributed by atoms with Gasteiger partial charge in [-0.15, -0.1) is 0 Å². The topological polar surface area (TPSA) is 77.9 Å². The van der Waals surface area contributed by atoms with Crippen molar-refractivity contribution in [2.45, 2.75) is 17.4 Å². The summed E-state index contributed by atoms with van der Waals surface area (Å²) in [6.07, 6.45) is 0.573. The first-order valence-corrected chi connectivity index (χ1v) is 11.6. The number of phenolic OH excluding ortho intramolecular Hbond substituents is 1. The zero-order chi connectivity index (χ0) is 22.9. The number of amides is 1. The minimum absolute atomic E-state index is 0.0959. The highest BCUT2D eigenvalue weighted by atomic mass is 32.2. The molecule has 0 bridgehead atoms. The Morgan fingerprint density at radius 1 is 1.06 bits per heavy atom. The van der Waals surface area contributed by atoms with Crippen molar-refractivity contribution in [3.05, 3.63) is 95.3 Å². The first kappa shape index (κ1) is 22.0. The average Bonchev–Trinajstić information content (AvgIpc) is 2.80. The van der Waals surface area contributed by atoms with E-state index in [0.29, 0.717) is 13.0 Å². The van der Waals surface area contributed by atoms with Crippen LogP contribution in [0.3, 0.4) is 0 Å². The molecule has 8 heteroatoms. The Morgan fingerprint density at radius 3 is 2.50 bits per heavy atom. The van der Waals surface area contributed by atoms with E-state index in [0.717, 1.165) is 21.5 Å². The molecule has 0 fully saturated rings. The van der Waals surface area contributed by atoms with Gasteiger partial charge in [0.1, 0.15) is 11.6 Å². The molecular formula is C24H23FN2O4S. The van der Waals surface area contributed by atoms with Gasteiger partial charge < -0.3 is 10.0 Å². The van der Waals surface area contributed by atoms with Crippen LogP contribution >= 0.6 is 0 Å². The summed E-state index contributed by atoms with van der Waals surface area (Å²) in [6.45, 7) is -0.0678. The molecule has 1 heterocycles. The maximum atomic E-state index is 14.1. The second-order valence-electron chi connectivity index (χ2n) is 7.72. The molecule has 1 aliphatic rings. The van der Waals surface area contributed by atoms with E-state index in [1.807, 2.05) is 24.3 Å². The first-order valence-electron chi connectivity index (χ1n) is 10.2. The van der Waals surface area contributed by atoms with Gasteiger partial charge in [0.05, 0.1) is 17.5 Å². The lowest BCUT2D eigenvalue weighted by molar-refractivity contribution is -0.133. The molecule has 0 saturated carbocycles. The molecule has 0 saturated heterocycles. The van der Waals surface area contributed by atoms with Gasteiger partial charge in [0, 0.05) is 19.2 Å². The summed E-state index contributed by atoms with van der Waals surface area (Å²) in [4.78, 5) is 14.9. The number of benzene rings is 3. The van der Waals surface area contributed by atoms with Gasteiger partial charge in [-0.2, -0.15) is 4.31 Å². The molecule has 1 atom stereocenters. The SMILES string of the molecule is CN(CC(=O)N1CCc2ccccc2C1c1cc(F)ccc1O)S(=O)(=O)c1ccccc1. The van der Waals surface area contributed by atoms with Gasteiger partial charge in [0.25, 0.3) is 0 Å². The summed E-state index contributed by atoms with van der Waals surface area (Å²) in [5.74, 6) is -1.09. The highest BCUT2D eigenvalue weighted by molar-refractivity contribution is 7.89. The molecule has 32 heavy (non-hydrogen) atoms. The molecule has 1 N–H and O–H groups in total. The highest BCUT2D eigenvalue weighted by Gasteiger charge is 2.35. The van der Waals surface area contributed by atoms with Gasteiger partial charge in [0.2, 0.25) is 15.9 Å². The maximum Gasteiger partial charge on any atom is 0.243 e. The fourth-order valence-corrected chi connectivity index (χ4v) is 5.20. The molecule has 0 radical (unpaired) electrons. The Morgan fingerprint density at radius 2 is 1.75 bits per heavy atom. The predicted octanol–water partition coefficient (Wildman–Crippen LogP) is 3.33. The van der Waals surface area contributed by atoms with Crippen molar-refractivity contribution in [1.29, 1.82) is 0 Å². The van der Waals surface area contributed by atoms with Gasteiger partial charge in [-0.25, -0.2) is 12.8 Å². The maximum absolute atomic E-state index is 14.1. The number of carbonyl (C=O) groups is 1. The largest absolute Gasteiger partial charge is 0.508 e. The van der Waals surface area contributed by atoms with E-state index in [4.69, 9.17) is 0 Å². The zero-order valence-corrected chi connectivity index (χ0v) is 18.3. The summed E-state index contributed by atoms with van der Waals surface area (Å²) in [7, 11) is -2.50. The van der Waals surface area contributed by atoms with E-state index < -0.39 is 27.8 Å². The van der Waals surface area contributed by atoms with E-state index in [1.54, 1.807) is 18.2 Å². The number of rotatable bonds is 5. The lowest BCUT2D eigenvalue weighted by atomic mass is 9.87. The molecule has 166 valence electrons. The van der Waals surface area contributed by atoms with Crippen molar-refractivity contribution >= 4 is 15.9 Å². The number of phenols is 1. The molecule has 0 spiro atoms. The molecule has 3 aromatic rings. The van der Waals surface area contributed by atoms with Crippen LogP contribution < -0.4 is 0 Å². The quantitative estimate of drug-likeness (QED) is 0.642. The predicted molar refractivity (Wildman–Crippen MR) is 118 cm³/mol. The molecule has 1 aliphatic heterocycles. The van der Waals surface area contributed by atoms with E-state index in [2.05, 4.69) is 0 Å². The van der Waals surface area contributed by atoms with Crippen LogP contribution in [0.4, 0.5) is 4.39 Å². The van der Waals surface area contributed by atoms with Crippen molar-refractivity contribution in [2.24, 2.45) is 0 Å². The number of fused-ring (bicyclic) bond motifs is 1. The molecule has 4 rings (SSSR count). The fraction of sp³-hybridized carbons (Fsp3) is 0.208. The summed E-state index contributed by atoms with van der Waals surface area (Å²) in [5, 5.41) is 10.5. The zero-order valence-electron chi connectivity index (χ0n) is 17.5. The third-order valence-corrected chi connectivity index (χ3v) is 7.51. The van der Waals surface area contributed by atoms with Crippen LogP contribution in [-0.2, 0) is 21.2 Å². The molecule has 6 nitrogen and oxygen atoms in total. The minimum Gasteiger partial charge on any atom is -0.508 e. The first-order chi connectivity index (χ1) is 15.3. The van der Waals surface area contributed by atoms with Crippen molar-refractivity contribution in [2.75, 3.05) is 20.1 Å². The summed E-state index contributed by atoms with van der Waals surface area (Å²) in [6, 6.07) is 18.3. The number of hydrogen-bond donors (Lipinski definition) is 1.